The largest absolute Gasteiger partial charge is 0.462 e. The van der Waals surface area contributed by atoms with E-state index in [1.165, 1.54) is 180 Å². The lowest BCUT2D eigenvalue weighted by atomic mass is 10.1. The van der Waals surface area contributed by atoms with E-state index in [1.807, 2.05) is 6.08 Å². The van der Waals surface area contributed by atoms with Crippen LogP contribution in [0.4, 0.5) is 0 Å². The molecule has 0 saturated heterocycles. The summed E-state index contributed by atoms with van der Waals surface area (Å²) in [6.07, 6.45) is 66.4. The Bertz CT molecular complexity index is 1180. The van der Waals surface area contributed by atoms with Gasteiger partial charge in [-0.15, -0.1) is 0 Å². The van der Waals surface area contributed by atoms with Crippen molar-refractivity contribution < 1.29 is 28.6 Å². The predicted molar refractivity (Wildman–Crippen MR) is 279 cm³/mol. The van der Waals surface area contributed by atoms with Gasteiger partial charge in [-0.25, -0.2) is 0 Å². The van der Waals surface area contributed by atoms with Crippen LogP contribution in [-0.2, 0) is 28.6 Å². The minimum atomic E-state index is -0.799. The molecule has 0 aromatic carbocycles. The van der Waals surface area contributed by atoms with Gasteiger partial charge in [-0.05, 0) is 89.9 Å². The molecule has 0 amide bonds. The topological polar surface area (TPSA) is 78.9 Å². The second-order valence-electron chi connectivity index (χ2n) is 18.5. The Kier molecular flexibility index (Phi) is 51.3. The molecule has 6 heteroatoms. The van der Waals surface area contributed by atoms with E-state index in [1.54, 1.807) is 0 Å². The molecule has 0 aliphatic heterocycles. The van der Waals surface area contributed by atoms with E-state index in [9.17, 15) is 14.4 Å². The molecule has 1 atom stereocenters. The van der Waals surface area contributed by atoms with Crippen molar-refractivity contribution in [1.29, 1.82) is 0 Å². The third-order valence-corrected chi connectivity index (χ3v) is 12.0. The van der Waals surface area contributed by atoms with Gasteiger partial charge in [-0.1, -0.05) is 229 Å². The Morgan fingerprint density at radius 1 is 0.323 bits per heavy atom. The molecule has 6 nitrogen and oxygen atoms in total. The zero-order valence-electron chi connectivity index (χ0n) is 43.0. The van der Waals surface area contributed by atoms with Crippen LogP contribution in [0.1, 0.15) is 278 Å². The molecule has 0 aliphatic carbocycles. The number of allylic oxidation sites excluding steroid dienone is 10. The molecule has 0 radical (unpaired) electrons. The van der Waals surface area contributed by atoms with Crippen LogP contribution in [0.25, 0.3) is 0 Å². The number of ether oxygens (including phenoxy) is 3. The summed E-state index contributed by atoms with van der Waals surface area (Å²) in [5.74, 6) is -0.965. The maximum atomic E-state index is 12.8. The highest BCUT2D eigenvalue weighted by atomic mass is 16.6. The van der Waals surface area contributed by atoms with Crippen molar-refractivity contribution in [3.8, 4) is 0 Å². The molecule has 1 unspecified atom stereocenters. The van der Waals surface area contributed by atoms with E-state index in [2.05, 4.69) is 75.5 Å². The summed E-state index contributed by atoms with van der Waals surface area (Å²) >= 11 is 0. The predicted octanol–water partition coefficient (Wildman–Crippen LogP) is 18.4. The summed E-state index contributed by atoms with van der Waals surface area (Å²) in [6.45, 7) is 6.55. The number of rotatable bonds is 50. The summed E-state index contributed by atoms with van der Waals surface area (Å²) in [4.78, 5) is 38.0. The number of carbonyl (C=O) groups is 3. The van der Waals surface area contributed by atoms with E-state index >= 15 is 0 Å². The van der Waals surface area contributed by atoms with Crippen molar-refractivity contribution in [1.82, 2.24) is 0 Å². The summed E-state index contributed by atoms with van der Waals surface area (Å²) in [5, 5.41) is 0. The number of hydrogen-bond donors (Lipinski definition) is 0. The molecule has 0 aromatic heterocycles. The number of esters is 3. The van der Waals surface area contributed by atoms with Crippen LogP contribution in [0.2, 0.25) is 0 Å². The van der Waals surface area contributed by atoms with Crippen LogP contribution in [0, 0.1) is 0 Å². The monoisotopic (exact) mass is 909 g/mol. The fourth-order valence-electron chi connectivity index (χ4n) is 7.78. The van der Waals surface area contributed by atoms with Crippen LogP contribution in [0.5, 0.6) is 0 Å². The van der Waals surface area contributed by atoms with Crippen molar-refractivity contribution >= 4 is 17.9 Å². The quantitative estimate of drug-likeness (QED) is 0.0199. The average Bonchev–Trinajstić information content (AvgIpc) is 3.30. The van der Waals surface area contributed by atoms with Crippen LogP contribution < -0.4 is 0 Å². The fraction of sp³-hybridized carbons (Fsp3) is 0.780. The third kappa shape index (κ3) is 51.9. The second kappa shape index (κ2) is 53.7. The molecule has 376 valence electrons. The highest BCUT2D eigenvalue weighted by Gasteiger charge is 2.19. The van der Waals surface area contributed by atoms with Gasteiger partial charge < -0.3 is 14.2 Å². The zero-order valence-corrected chi connectivity index (χ0v) is 43.0. The third-order valence-electron chi connectivity index (χ3n) is 12.0. The van der Waals surface area contributed by atoms with Crippen molar-refractivity contribution in [2.24, 2.45) is 0 Å². The Morgan fingerprint density at radius 3 is 1.09 bits per heavy atom. The van der Waals surface area contributed by atoms with E-state index < -0.39 is 6.10 Å². The van der Waals surface area contributed by atoms with E-state index in [-0.39, 0.29) is 37.5 Å². The number of hydrogen-bond acceptors (Lipinski definition) is 6. The highest BCUT2D eigenvalue weighted by Crippen LogP contribution is 2.15. The van der Waals surface area contributed by atoms with Gasteiger partial charge in [0.2, 0.25) is 0 Å². The van der Waals surface area contributed by atoms with Crippen LogP contribution in [-0.4, -0.2) is 37.2 Å². The highest BCUT2D eigenvalue weighted by molar-refractivity contribution is 5.71. The Morgan fingerprint density at radius 2 is 0.631 bits per heavy atom. The molecule has 0 fully saturated rings. The number of carbonyl (C=O) groups excluding carboxylic acids is 3. The van der Waals surface area contributed by atoms with Gasteiger partial charge in [-0.3, -0.25) is 14.4 Å². The van der Waals surface area contributed by atoms with E-state index in [0.717, 1.165) is 51.4 Å². The standard InChI is InChI=1S/C59H104O6/c1-4-7-10-13-16-19-22-25-27-28-29-30-32-34-37-40-43-46-49-52-58(61)64-55-56(54-63-57(60)51-48-45-42-39-36-33-24-21-18-15-12-9-6-3)65-59(62)53-50-47-44-41-38-35-31-26-23-20-17-14-11-8-5-2/h16,19-20,22-23,25,33,36,42,45,56H,4-15,17-18,21,24,26-32,34-35,37-41,43-44,46-55H2,1-3H3/b19-16-,23-20-,25-22-,36-33-,45-42-. The van der Waals surface area contributed by atoms with Gasteiger partial charge in [0.1, 0.15) is 13.2 Å². The van der Waals surface area contributed by atoms with Crippen molar-refractivity contribution in [3.05, 3.63) is 60.8 Å². The van der Waals surface area contributed by atoms with Gasteiger partial charge in [0.05, 0.1) is 0 Å². The molecule has 0 heterocycles. The SMILES string of the molecule is CCCCC/C=C\C=C/CCCCCCCCCCCCC(=O)OCC(COC(=O)CC/C=C\C/C=C\CCCCCCCC)OC(=O)CCCCCCCCC/C=C\CCCCCC. The van der Waals surface area contributed by atoms with E-state index in [4.69, 9.17) is 14.2 Å². The lowest BCUT2D eigenvalue weighted by Gasteiger charge is -2.18. The van der Waals surface area contributed by atoms with Crippen LogP contribution >= 0.6 is 0 Å². The molecule has 0 rings (SSSR count). The van der Waals surface area contributed by atoms with Gasteiger partial charge in [0.25, 0.3) is 0 Å². The molecule has 0 saturated carbocycles. The molecule has 65 heavy (non-hydrogen) atoms. The summed E-state index contributed by atoms with van der Waals surface area (Å²) in [5.41, 5.74) is 0. The fourth-order valence-corrected chi connectivity index (χ4v) is 7.78. The molecule has 0 N–H and O–H groups in total. The zero-order chi connectivity index (χ0) is 47.2. The molecule has 0 aliphatic rings. The number of unbranched alkanes of at least 4 members (excludes halogenated alkanes) is 30. The smallest absolute Gasteiger partial charge is 0.306 e. The maximum absolute atomic E-state index is 12.8. The van der Waals surface area contributed by atoms with Gasteiger partial charge in [0.15, 0.2) is 6.10 Å². The van der Waals surface area contributed by atoms with E-state index in [0.29, 0.717) is 19.3 Å². The maximum Gasteiger partial charge on any atom is 0.306 e. The van der Waals surface area contributed by atoms with Gasteiger partial charge >= 0.3 is 17.9 Å². The Balaban J connectivity index is 4.40. The minimum absolute atomic E-state index is 0.0939. The second-order valence-corrected chi connectivity index (χ2v) is 18.5. The van der Waals surface area contributed by atoms with Crippen LogP contribution in [0.15, 0.2) is 60.8 Å². The first kappa shape index (κ1) is 62.1. The van der Waals surface area contributed by atoms with Crippen LogP contribution in [0.3, 0.4) is 0 Å². The minimum Gasteiger partial charge on any atom is -0.462 e. The lowest BCUT2D eigenvalue weighted by Crippen LogP contribution is -2.30. The van der Waals surface area contributed by atoms with Gasteiger partial charge in [0, 0.05) is 19.3 Å². The summed E-state index contributed by atoms with van der Waals surface area (Å²) in [7, 11) is 0. The average molecular weight is 909 g/mol. The Hall–Kier alpha value is -2.89. The van der Waals surface area contributed by atoms with Crippen molar-refractivity contribution in [2.45, 2.75) is 284 Å². The van der Waals surface area contributed by atoms with Crippen molar-refractivity contribution in [2.75, 3.05) is 13.2 Å². The first-order valence-electron chi connectivity index (χ1n) is 27.8. The molecule has 0 aromatic rings. The summed E-state index contributed by atoms with van der Waals surface area (Å²) < 4.78 is 16.8. The Labute approximate surface area is 402 Å². The van der Waals surface area contributed by atoms with Crippen molar-refractivity contribution in [3.63, 3.8) is 0 Å². The summed E-state index contributed by atoms with van der Waals surface area (Å²) in [6, 6.07) is 0. The first-order chi connectivity index (χ1) is 32.0. The molecule has 0 bridgehead atoms. The molecular weight excluding hydrogens is 805 g/mol. The molecule has 0 spiro atoms. The lowest BCUT2D eigenvalue weighted by molar-refractivity contribution is -0.166. The normalized spacial score (nSPS) is 12.5. The first-order valence-corrected chi connectivity index (χ1v) is 27.8. The molecular formula is C59H104O6. The van der Waals surface area contributed by atoms with Gasteiger partial charge in [-0.2, -0.15) is 0 Å².